The van der Waals surface area contributed by atoms with E-state index in [4.69, 9.17) is 4.74 Å². The Kier molecular flexibility index (Phi) is 7.99. The lowest BCUT2D eigenvalue weighted by Crippen LogP contribution is -2.28. The van der Waals surface area contributed by atoms with E-state index in [9.17, 15) is 0 Å². The summed E-state index contributed by atoms with van der Waals surface area (Å²) in [6.45, 7) is 9.98. The molecule has 0 aliphatic rings. The standard InChI is InChI=1S/C17H27NO/c1-4-6-7-13-19-17-10-8-16(9-11-17)14-15(3)18-12-5-2/h4,8-11,15,18H,1,5-7,12-14H2,2-3H3. The molecule has 2 heteroatoms. The molecule has 19 heavy (non-hydrogen) atoms. The Morgan fingerprint density at radius 3 is 2.68 bits per heavy atom. The monoisotopic (exact) mass is 261 g/mol. The van der Waals surface area contributed by atoms with Crippen LogP contribution < -0.4 is 10.1 Å². The lowest BCUT2D eigenvalue weighted by Gasteiger charge is -2.13. The maximum Gasteiger partial charge on any atom is 0.119 e. The first-order valence-electron chi connectivity index (χ1n) is 7.32. The number of allylic oxidation sites excluding steroid dienone is 1. The van der Waals surface area contributed by atoms with Crippen LogP contribution in [0.2, 0.25) is 0 Å². The third-order valence-corrected chi connectivity index (χ3v) is 3.03. The lowest BCUT2D eigenvalue weighted by atomic mass is 10.1. The Morgan fingerprint density at radius 2 is 2.05 bits per heavy atom. The van der Waals surface area contributed by atoms with Gasteiger partial charge in [-0.25, -0.2) is 0 Å². The summed E-state index contributed by atoms with van der Waals surface area (Å²) in [6, 6.07) is 8.98. The highest BCUT2D eigenvalue weighted by Gasteiger charge is 2.02. The summed E-state index contributed by atoms with van der Waals surface area (Å²) in [5, 5.41) is 3.50. The second-order valence-electron chi connectivity index (χ2n) is 4.98. The maximum atomic E-state index is 5.67. The van der Waals surface area contributed by atoms with Crippen LogP contribution >= 0.6 is 0 Å². The van der Waals surface area contributed by atoms with E-state index in [1.165, 1.54) is 12.0 Å². The second kappa shape index (κ2) is 9.62. The van der Waals surface area contributed by atoms with Gasteiger partial charge in [0.2, 0.25) is 0 Å². The van der Waals surface area contributed by atoms with Crippen LogP contribution in [-0.4, -0.2) is 19.2 Å². The van der Waals surface area contributed by atoms with E-state index in [-0.39, 0.29) is 0 Å². The molecule has 1 atom stereocenters. The molecular formula is C17H27NO. The molecule has 2 nitrogen and oxygen atoms in total. The molecule has 0 radical (unpaired) electrons. The molecule has 0 bridgehead atoms. The Balaban J connectivity index is 2.32. The Morgan fingerprint density at radius 1 is 1.32 bits per heavy atom. The van der Waals surface area contributed by atoms with Crippen molar-refractivity contribution in [2.75, 3.05) is 13.2 Å². The van der Waals surface area contributed by atoms with Gasteiger partial charge in [-0.05, 0) is 56.8 Å². The summed E-state index contributed by atoms with van der Waals surface area (Å²) in [7, 11) is 0. The maximum absolute atomic E-state index is 5.67. The highest BCUT2D eigenvalue weighted by Crippen LogP contribution is 2.14. The van der Waals surface area contributed by atoms with Crippen LogP contribution in [0.25, 0.3) is 0 Å². The minimum Gasteiger partial charge on any atom is -0.494 e. The zero-order chi connectivity index (χ0) is 13.9. The molecule has 1 rings (SSSR count). The number of hydrogen-bond acceptors (Lipinski definition) is 2. The topological polar surface area (TPSA) is 21.3 Å². The van der Waals surface area contributed by atoms with Crippen molar-refractivity contribution < 1.29 is 4.74 Å². The summed E-state index contributed by atoms with van der Waals surface area (Å²) >= 11 is 0. The Bertz CT molecular complexity index is 345. The van der Waals surface area contributed by atoms with Crippen molar-refractivity contribution in [1.82, 2.24) is 5.32 Å². The van der Waals surface area contributed by atoms with Gasteiger partial charge in [-0.1, -0.05) is 25.1 Å². The fourth-order valence-corrected chi connectivity index (χ4v) is 1.96. The van der Waals surface area contributed by atoms with Gasteiger partial charge in [0.25, 0.3) is 0 Å². The number of nitrogens with one attached hydrogen (secondary N) is 1. The van der Waals surface area contributed by atoms with E-state index >= 15 is 0 Å². The molecule has 1 aromatic carbocycles. The van der Waals surface area contributed by atoms with E-state index < -0.39 is 0 Å². The molecule has 0 spiro atoms. The smallest absolute Gasteiger partial charge is 0.119 e. The van der Waals surface area contributed by atoms with Crippen molar-refractivity contribution in [1.29, 1.82) is 0 Å². The highest BCUT2D eigenvalue weighted by atomic mass is 16.5. The molecule has 0 saturated carbocycles. The van der Waals surface area contributed by atoms with Gasteiger partial charge in [-0.3, -0.25) is 0 Å². The Labute approximate surface area is 117 Å². The third-order valence-electron chi connectivity index (χ3n) is 3.03. The second-order valence-corrected chi connectivity index (χ2v) is 4.98. The van der Waals surface area contributed by atoms with Crippen molar-refractivity contribution in [3.05, 3.63) is 42.5 Å². The van der Waals surface area contributed by atoms with Gasteiger partial charge in [-0.2, -0.15) is 0 Å². The van der Waals surface area contributed by atoms with Crippen LogP contribution in [0.5, 0.6) is 5.75 Å². The number of unbranched alkanes of at least 4 members (excludes halogenated alkanes) is 1. The minimum atomic E-state index is 0.527. The summed E-state index contributed by atoms with van der Waals surface area (Å²) < 4.78 is 5.67. The number of hydrogen-bond donors (Lipinski definition) is 1. The molecule has 0 aliphatic carbocycles. The van der Waals surface area contributed by atoms with Crippen LogP contribution in [0.4, 0.5) is 0 Å². The van der Waals surface area contributed by atoms with Crippen molar-refractivity contribution in [3.8, 4) is 5.75 Å². The molecule has 0 saturated heterocycles. The first-order chi connectivity index (χ1) is 9.26. The fraction of sp³-hybridized carbons (Fsp3) is 0.529. The molecule has 0 aliphatic heterocycles. The van der Waals surface area contributed by atoms with Gasteiger partial charge in [-0.15, -0.1) is 6.58 Å². The average molecular weight is 261 g/mol. The predicted octanol–water partition coefficient (Wildman–Crippen LogP) is 3.96. The van der Waals surface area contributed by atoms with Gasteiger partial charge in [0, 0.05) is 6.04 Å². The van der Waals surface area contributed by atoms with E-state index in [1.54, 1.807) is 0 Å². The molecule has 1 unspecified atom stereocenters. The van der Waals surface area contributed by atoms with E-state index in [0.717, 1.165) is 38.2 Å². The van der Waals surface area contributed by atoms with Gasteiger partial charge < -0.3 is 10.1 Å². The molecule has 1 N–H and O–H groups in total. The number of benzene rings is 1. The SMILES string of the molecule is C=CCCCOc1ccc(CC(C)NCCC)cc1. The fourth-order valence-electron chi connectivity index (χ4n) is 1.96. The zero-order valence-corrected chi connectivity index (χ0v) is 12.3. The molecule has 106 valence electrons. The number of rotatable bonds is 10. The summed E-state index contributed by atoms with van der Waals surface area (Å²) in [5.41, 5.74) is 1.36. The zero-order valence-electron chi connectivity index (χ0n) is 12.3. The van der Waals surface area contributed by atoms with E-state index in [2.05, 4.69) is 50.0 Å². The van der Waals surface area contributed by atoms with E-state index in [1.807, 2.05) is 6.08 Å². The Hall–Kier alpha value is -1.28. The van der Waals surface area contributed by atoms with Crippen molar-refractivity contribution >= 4 is 0 Å². The van der Waals surface area contributed by atoms with Crippen LogP contribution in [0.3, 0.4) is 0 Å². The minimum absolute atomic E-state index is 0.527. The van der Waals surface area contributed by atoms with E-state index in [0.29, 0.717) is 6.04 Å². The molecule has 0 amide bonds. The van der Waals surface area contributed by atoms with Crippen LogP contribution in [-0.2, 0) is 6.42 Å². The summed E-state index contributed by atoms with van der Waals surface area (Å²) in [6.07, 6.45) is 6.22. The van der Waals surface area contributed by atoms with Gasteiger partial charge in [0.1, 0.15) is 5.75 Å². The highest BCUT2D eigenvalue weighted by molar-refractivity contribution is 5.27. The summed E-state index contributed by atoms with van der Waals surface area (Å²) in [4.78, 5) is 0. The van der Waals surface area contributed by atoms with Crippen molar-refractivity contribution in [3.63, 3.8) is 0 Å². The quantitative estimate of drug-likeness (QED) is 0.508. The molecule has 1 aromatic rings. The largest absolute Gasteiger partial charge is 0.494 e. The van der Waals surface area contributed by atoms with Crippen molar-refractivity contribution in [2.45, 2.75) is 45.6 Å². The first-order valence-corrected chi connectivity index (χ1v) is 7.32. The van der Waals surface area contributed by atoms with Gasteiger partial charge in [0.05, 0.1) is 6.61 Å². The van der Waals surface area contributed by atoms with Crippen LogP contribution in [0, 0.1) is 0 Å². The van der Waals surface area contributed by atoms with Gasteiger partial charge in [0.15, 0.2) is 0 Å². The predicted molar refractivity (Wildman–Crippen MR) is 82.8 cm³/mol. The average Bonchev–Trinajstić information content (AvgIpc) is 2.43. The lowest BCUT2D eigenvalue weighted by molar-refractivity contribution is 0.312. The normalized spacial score (nSPS) is 12.1. The summed E-state index contributed by atoms with van der Waals surface area (Å²) in [5.74, 6) is 0.960. The molecular weight excluding hydrogens is 234 g/mol. The molecule has 0 aromatic heterocycles. The van der Waals surface area contributed by atoms with Crippen LogP contribution in [0.1, 0.15) is 38.7 Å². The van der Waals surface area contributed by atoms with Crippen molar-refractivity contribution in [2.24, 2.45) is 0 Å². The first kappa shape index (κ1) is 15.8. The molecule has 0 heterocycles. The third kappa shape index (κ3) is 7.02. The molecule has 0 fully saturated rings. The van der Waals surface area contributed by atoms with Crippen LogP contribution in [0.15, 0.2) is 36.9 Å². The van der Waals surface area contributed by atoms with Gasteiger partial charge >= 0.3 is 0 Å². The number of ether oxygens (including phenoxy) is 1.